The summed E-state index contributed by atoms with van der Waals surface area (Å²) in [4.78, 5) is 55.1. The fourth-order valence-corrected chi connectivity index (χ4v) is 4.10. The zero-order valence-electron chi connectivity index (χ0n) is 21.7. The maximum absolute atomic E-state index is 14.1. The zero-order valence-corrected chi connectivity index (χ0v) is 21.7. The fraction of sp³-hybridized carbons (Fsp3) is 0.429. The van der Waals surface area contributed by atoms with Gasteiger partial charge in [0.2, 0.25) is 0 Å². The van der Waals surface area contributed by atoms with Gasteiger partial charge in [-0.25, -0.2) is 14.5 Å². The average Bonchev–Trinajstić information content (AvgIpc) is 2.94. The Kier molecular flexibility index (Phi) is 7.57. The number of ether oxygens (including phenoxy) is 2. The first-order chi connectivity index (χ1) is 16.7. The van der Waals surface area contributed by atoms with Crippen LogP contribution in [0.3, 0.4) is 0 Å². The van der Waals surface area contributed by atoms with Crippen molar-refractivity contribution in [2.45, 2.75) is 77.2 Å². The smallest absolute Gasteiger partial charge is 0.417 e. The molecule has 0 spiro atoms. The number of carbonyl (C=O) groups is 4. The Morgan fingerprint density at radius 1 is 0.833 bits per heavy atom. The van der Waals surface area contributed by atoms with Gasteiger partial charge in [-0.3, -0.25) is 14.9 Å². The molecule has 0 saturated carbocycles. The molecular weight excluding hydrogens is 460 g/mol. The van der Waals surface area contributed by atoms with Gasteiger partial charge in [-0.15, -0.1) is 0 Å². The van der Waals surface area contributed by atoms with Crippen molar-refractivity contribution < 1.29 is 28.7 Å². The Hall–Kier alpha value is -3.68. The second kappa shape index (κ2) is 10.1. The van der Waals surface area contributed by atoms with Gasteiger partial charge in [0, 0.05) is 12.8 Å². The Morgan fingerprint density at radius 3 is 1.83 bits per heavy atom. The molecule has 2 aromatic rings. The van der Waals surface area contributed by atoms with Crippen LogP contribution in [0.15, 0.2) is 60.7 Å². The van der Waals surface area contributed by atoms with Crippen molar-refractivity contribution in [3.63, 3.8) is 0 Å². The number of carbonyl (C=O) groups excluding carboxylic acids is 4. The number of hydrogen-bond donors (Lipinski definition) is 1. The lowest BCUT2D eigenvalue weighted by Gasteiger charge is -2.29. The Morgan fingerprint density at radius 2 is 1.33 bits per heavy atom. The summed E-state index contributed by atoms with van der Waals surface area (Å²) in [5, 5.41) is 2.55. The van der Waals surface area contributed by atoms with Gasteiger partial charge in [0.25, 0.3) is 5.91 Å². The highest BCUT2D eigenvalue weighted by molar-refractivity contribution is 6.24. The van der Waals surface area contributed by atoms with Crippen molar-refractivity contribution in [3.05, 3.63) is 71.8 Å². The summed E-state index contributed by atoms with van der Waals surface area (Å²) >= 11 is 0. The first kappa shape index (κ1) is 26.9. The summed E-state index contributed by atoms with van der Waals surface area (Å²) in [6.07, 6.45) is -1.93. The van der Waals surface area contributed by atoms with Crippen LogP contribution in [0.2, 0.25) is 0 Å². The molecule has 1 aliphatic rings. The third-order valence-electron chi connectivity index (χ3n) is 5.51. The maximum Gasteiger partial charge on any atom is 0.417 e. The van der Waals surface area contributed by atoms with E-state index in [1.54, 1.807) is 71.9 Å². The molecule has 1 heterocycles. The summed E-state index contributed by atoms with van der Waals surface area (Å²) in [5.74, 6) is -1.45. The minimum absolute atomic E-state index is 0.0805. The van der Waals surface area contributed by atoms with Crippen LogP contribution in [0.25, 0.3) is 0 Å². The molecule has 2 unspecified atom stereocenters. The molecule has 3 amide bonds. The number of nitrogens with zero attached hydrogens (tertiary/aromatic N) is 1. The van der Waals surface area contributed by atoms with E-state index >= 15 is 0 Å². The number of nitrogens with one attached hydrogen (secondary N) is 1. The number of likely N-dealkylation sites (tertiary alicyclic amines) is 1. The molecule has 3 rings (SSSR count). The molecular formula is C28H34N2O6. The van der Waals surface area contributed by atoms with Gasteiger partial charge in [-0.1, -0.05) is 60.7 Å². The van der Waals surface area contributed by atoms with E-state index in [1.165, 1.54) is 0 Å². The monoisotopic (exact) mass is 494 g/mol. The summed E-state index contributed by atoms with van der Waals surface area (Å²) in [6, 6.07) is 16.8. The van der Waals surface area contributed by atoms with Gasteiger partial charge in [0.1, 0.15) is 17.2 Å². The van der Waals surface area contributed by atoms with E-state index in [4.69, 9.17) is 9.47 Å². The normalized spacial score (nSPS) is 20.3. The number of Topliss-reactive ketones (excluding diaryl/α,β-unsaturated/α-hetero) is 1. The molecule has 0 aromatic heterocycles. The van der Waals surface area contributed by atoms with E-state index in [0.717, 1.165) is 10.5 Å². The van der Waals surface area contributed by atoms with Crippen LogP contribution in [-0.2, 0) is 31.9 Å². The minimum Gasteiger partial charge on any atom is -0.444 e. The second-order valence-electron chi connectivity index (χ2n) is 10.9. The lowest BCUT2D eigenvalue weighted by Crippen LogP contribution is -2.60. The van der Waals surface area contributed by atoms with E-state index in [0.29, 0.717) is 5.56 Å². The molecule has 0 bridgehead atoms. The van der Waals surface area contributed by atoms with Crippen LogP contribution in [0.1, 0.15) is 52.7 Å². The number of rotatable bonds is 5. The second-order valence-corrected chi connectivity index (χ2v) is 10.9. The number of ketones is 1. The van der Waals surface area contributed by atoms with Gasteiger partial charge in [0.05, 0.1) is 0 Å². The van der Waals surface area contributed by atoms with Gasteiger partial charge in [0.15, 0.2) is 11.3 Å². The molecule has 8 nitrogen and oxygen atoms in total. The van der Waals surface area contributed by atoms with E-state index < -0.39 is 46.7 Å². The molecule has 0 radical (unpaired) electrons. The first-order valence-corrected chi connectivity index (χ1v) is 11.9. The molecule has 192 valence electrons. The van der Waals surface area contributed by atoms with Crippen LogP contribution < -0.4 is 5.32 Å². The third-order valence-corrected chi connectivity index (χ3v) is 5.51. The fourth-order valence-electron chi connectivity index (χ4n) is 4.10. The largest absolute Gasteiger partial charge is 0.444 e. The molecule has 0 aliphatic carbocycles. The lowest BCUT2D eigenvalue weighted by molar-refractivity contribution is -0.134. The van der Waals surface area contributed by atoms with Crippen molar-refractivity contribution in [3.8, 4) is 0 Å². The number of alkyl carbamates (subject to hydrolysis) is 1. The van der Waals surface area contributed by atoms with Crippen LogP contribution in [0.4, 0.5) is 9.59 Å². The zero-order chi connectivity index (χ0) is 26.7. The highest BCUT2D eigenvalue weighted by atomic mass is 16.6. The molecule has 8 heteroatoms. The summed E-state index contributed by atoms with van der Waals surface area (Å²) in [7, 11) is 0. The summed E-state index contributed by atoms with van der Waals surface area (Å²) in [6.45, 7) is 10.1. The number of hydrogen-bond acceptors (Lipinski definition) is 6. The minimum atomic E-state index is -2.04. The van der Waals surface area contributed by atoms with E-state index in [1.807, 2.05) is 30.3 Å². The molecule has 36 heavy (non-hydrogen) atoms. The average molecular weight is 495 g/mol. The number of imide groups is 1. The Balaban J connectivity index is 2.10. The predicted molar refractivity (Wildman–Crippen MR) is 134 cm³/mol. The highest BCUT2D eigenvalue weighted by Gasteiger charge is 2.62. The third kappa shape index (κ3) is 6.30. The molecule has 2 atom stereocenters. The summed E-state index contributed by atoms with van der Waals surface area (Å²) in [5.41, 5.74) is -2.41. The van der Waals surface area contributed by atoms with Crippen molar-refractivity contribution >= 4 is 23.9 Å². The van der Waals surface area contributed by atoms with Gasteiger partial charge < -0.3 is 9.47 Å². The van der Waals surface area contributed by atoms with Crippen molar-refractivity contribution in [1.82, 2.24) is 10.2 Å². The van der Waals surface area contributed by atoms with Crippen LogP contribution in [0.5, 0.6) is 0 Å². The van der Waals surface area contributed by atoms with Gasteiger partial charge in [-0.2, -0.15) is 0 Å². The summed E-state index contributed by atoms with van der Waals surface area (Å²) < 4.78 is 10.9. The maximum atomic E-state index is 14.1. The first-order valence-electron chi connectivity index (χ1n) is 11.9. The predicted octanol–water partition coefficient (Wildman–Crippen LogP) is 4.45. The molecule has 1 fully saturated rings. The Bertz CT molecular complexity index is 1120. The Labute approximate surface area is 212 Å². The molecule has 2 aromatic carbocycles. The van der Waals surface area contributed by atoms with Crippen molar-refractivity contribution in [1.29, 1.82) is 0 Å². The van der Waals surface area contributed by atoms with Crippen molar-refractivity contribution in [2.75, 3.05) is 0 Å². The van der Waals surface area contributed by atoms with E-state index in [-0.39, 0.29) is 12.8 Å². The molecule has 1 saturated heterocycles. The van der Waals surface area contributed by atoms with E-state index in [2.05, 4.69) is 5.32 Å². The lowest BCUT2D eigenvalue weighted by atomic mass is 9.85. The topological polar surface area (TPSA) is 102 Å². The molecule has 1 aliphatic heterocycles. The van der Waals surface area contributed by atoms with Gasteiger partial charge in [-0.05, 0) is 52.7 Å². The van der Waals surface area contributed by atoms with Gasteiger partial charge >= 0.3 is 12.2 Å². The quantitative estimate of drug-likeness (QED) is 0.616. The van der Waals surface area contributed by atoms with E-state index in [9.17, 15) is 19.2 Å². The highest BCUT2D eigenvalue weighted by Crippen LogP contribution is 2.33. The number of benzene rings is 2. The standard InChI is InChI=1S/C28H34N2O6/c1-26(2,3)35-24(33)29-28(18-20-15-11-8-12-16-20)22(31)21(17-19-13-9-7-10-14-19)30(23(28)32)25(34)36-27(4,5)6/h7-16,21H,17-18H2,1-6H3,(H,29,33). The van der Waals surface area contributed by atoms with Crippen LogP contribution >= 0.6 is 0 Å². The van der Waals surface area contributed by atoms with Crippen LogP contribution in [0, 0.1) is 0 Å². The van der Waals surface area contributed by atoms with Crippen LogP contribution in [-0.4, -0.2) is 51.6 Å². The molecule has 1 N–H and O–H groups in total. The SMILES string of the molecule is CC(C)(C)OC(=O)NC1(Cc2ccccc2)C(=O)C(Cc2ccccc2)N(C(=O)OC(C)(C)C)C1=O. The number of amides is 3. The van der Waals surface area contributed by atoms with Crippen molar-refractivity contribution in [2.24, 2.45) is 0 Å².